The number of hydrogen-bond donors (Lipinski definition) is 2. The molecule has 0 saturated carbocycles. The summed E-state index contributed by atoms with van der Waals surface area (Å²) < 4.78 is 37.2. The summed E-state index contributed by atoms with van der Waals surface area (Å²) in [5, 5.41) is 6.24. The van der Waals surface area contributed by atoms with E-state index in [1.807, 2.05) is 0 Å². The lowest BCUT2D eigenvalue weighted by molar-refractivity contribution is 0.0636. The van der Waals surface area contributed by atoms with E-state index in [1.54, 1.807) is 34.6 Å². The van der Waals surface area contributed by atoms with Crippen LogP contribution in [0.4, 0.5) is 16.4 Å². The summed E-state index contributed by atoms with van der Waals surface area (Å²) in [4.78, 5) is 11.7. The van der Waals surface area contributed by atoms with Crippen molar-refractivity contribution in [1.82, 2.24) is 5.16 Å². The summed E-state index contributed by atoms with van der Waals surface area (Å²) in [6.07, 6.45) is -0.617. The Bertz CT molecular complexity index is 864. The SMILES string of the molecule is Cc1noc(NS(=O)(=O)c2ccc(NC(=O)OC(C)(C)C)cc2)c1C. The maximum Gasteiger partial charge on any atom is 0.412 e. The smallest absolute Gasteiger partial charge is 0.412 e. The van der Waals surface area contributed by atoms with E-state index < -0.39 is 21.7 Å². The molecule has 2 aromatic rings. The first kappa shape index (κ1) is 18.8. The van der Waals surface area contributed by atoms with Gasteiger partial charge in [0.1, 0.15) is 5.60 Å². The molecule has 9 heteroatoms. The minimum Gasteiger partial charge on any atom is -0.444 e. The van der Waals surface area contributed by atoms with Crippen molar-refractivity contribution in [3.05, 3.63) is 35.5 Å². The van der Waals surface area contributed by atoms with Crippen molar-refractivity contribution in [2.24, 2.45) is 0 Å². The molecular weight excluding hydrogens is 346 g/mol. The molecular formula is C16H21N3O5S. The fraction of sp³-hybridized carbons (Fsp3) is 0.375. The van der Waals surface area contributed by atoms with E-state index in [4.69, 9.17) is 9.26 Å². The molecule has 1 amide bonds. The number of ether oxygens (including phenoxy) is 1. The second kappa shape index (κ2) is 6.75. The third-order valence-corrected chi connectivity index (χ3v) is 4.54. The molecule has 0 atom stereocenters. The summed E-state index contributed by atoms with van der Waals surface area (Å²) in [5.74, 6) is 0.0773. The van der Waals surface area contributed by atoms with E-state index in [1.165, 1.54) is 24.3 Å². The molecule has 0 fully saturated rings. The molecule has 0 unspecified atom stereocenters. The number of carbonyl (C=O) groups excluding carboxylic acids is 1. The molecule has 1 aromatic heterocycles. The molecule has 0 aliphatic carbocycles. The number of amides is 1. The number of benzene rings is 1. The van der Waals surface area contributed by atoms with Crippen molar-refractivity contribution >= 4 is 27.7 Å². The third-order valence-electron chi connectivity index (χ3n) is 3.19. The van der Waals surface area contributed by atoms with E-state index in [-0.39, 0.29) is 10.8 Å². The fourth-order valence-electron chi connectivity index (χ4n) is 1.83. The lowest BCUT2D eigenvalue weighted by atomic mass is 10.2. The van der Waals surface area contributed by atoms with Crippen molar-refractivity contribution in [3.8, 4) is 0 Å². The number of aromatic nitrogens is 1. The maximum atomic E-state index is 12.4. The Labute approximate surface area is 146 Å². The second-order valence-corrected chi connectivity index (χ2v) is 8.16. The van der Waals surface area contributed by atoms with Gasteiger partial charge in [-0.25, -0.2) is 17.9 Å². The molecule has 8 nitrogen and oxygen atoms in total. The highest BCUT2D eigenvalue weighted by molar-refractivity contribution is 7.92. The average Bonchev–Trinajstić information content (AvgIpc) is 2.77. The highest BCUT2D eigenvalue weighted by Gasteiger charge is 2.20. The zero-order valence-corrected chi connectivity index (χ0v) is 15.5. The Kier molecular flexibility index (Phi) is 5.07. The Morgan fingerprint density at radius 1 is 1.16 bits per heavy atom. The summed E-state index contributed by atoms with van der Waals surface area (Å²) in [6.45, 7) is 8.68. The maximum absolute atomic E-state index is 12.4. The van der Waals surface area contributed by atoms with Gasteiger partial charge in [-0.15, -0.1) is 0 Å². The van der Waals surface area contributed by atoms with Crippen LogP contribution in [0.15, 0.2) is 33.7 Å². The average molecular weight is 367 g/mol. The first-order chi connectivity index (χ1) is 11.5. The quantitative estimate of drug-likeness (QED) is 0.856. The van der Waals surface area contributed by atoms with Gasteiger partial charge in [-0.05, 0) is 58.9 Å². The predicted molar refractivity (Wildman–Crippen MR) is 93.1 cm³/mol. The van der Waals surface area contributed by atoms with Gasteiger partial charge in [0.2, 0.25) is 5.88 Å². The Morgan fingerprint density at radius 3 is 2.24 bits per heavy atom. The van der Waals surface area contributed by atoms with E-state index in [2.05, 4.69) is 15.2 Å². The Hall–Kier alpha value is -2.55. The van der Waals surface area contributed by atoms with Crippen LogP contribution in [0, 0.1) is 13.8 Å². The largest absolute Gasteiger partial charge is 0.444 e. The van der Waals surface area contributed by atoms with Gasteiger partial charge in [-0.2, -0.15) is 0 Å². The van der Waals surface area contributed by atoms with Gasteiger partial charge in [-0.3, -0.25) is 5.32 Å². The molecule has 2 N–H and O–H groups in total. The first-order valence-electron chi connectivity index (χ1n) is 7.54. The number of carbonyl (C=O) groups is 1. The van der Waals surface area contributed by atoms with Crippen LogP contribution in [0.1, 0.15) is 32.0 Å². The van der Waals surface area contributed by atoms with Gasteiger partial charge in [0.05, 0.1) is 10.6 Å². The predicted octanol–water partition coefficient (Wildman–Crippen LogP) is 3.44. The number of sulfonamides is 1. The normalized spacial score (nSPS) is 11.9. The van der Waals surface area contributed by atoms with Crippen LogP contribution in [0.25, 0.3) is 0 Å². The number of hydrogen-bond acceptors (Lipinski definition) is 6. The Morgan fingerprint density at radius 2 is 1.76 bits per heavy atom. The lowest BCUT2D eigenvalue weighted by Gasteiger charge is -2.19. The molecule has 0 saturated heterocycles. The molecule has 136 valence electrons. The van der Waals surface area contributed by atoms with Crippen LogP contribution in [-0.4, -0.2) is 25.3 Å². The number of rotatable bonds is 4. The highest BCUT2D eigenvalue weighted by Crippen LogP contribution is 2.22. The lowest BCUT2D eigenvalue weighted by Crippen LogP contribution is -2.27. The minimum absolute atomic E-state index is 0.0238. The topological polar surface area (TPSA) is 111 Å². The standard InChI is InChI=1S/C16H21N3O5S/c1-10-11(2)18-24-14(10)19-25(21,22)13-8-6-12(7-9-13)17-15(20)23-16(3,4)5/h6-9,19H,1-5H3,(H,17,20). The van der Waals surface area contributed by atoms with Crippen LogP contribution >= 0.6 is 0 Å². The molecule has 2 rings (SSSR count). The van der Waals surface area contributed by atoms with Crippen LogP contribution in [0.2, 0.25) is 0 Å². The van der Waals surface area contributed by atoms with Gasteiger partial charge in [0.25, 0.3) is 10.0 Å². The van der Waals surface area contributed by atoms with Crippen LogP contribution < -0.4 is 10.0 Å². The number of nitrogens with one attached hydrogen (secondary N) is 2. The van der Waals surface area contributed by atoms with E-state index in [0.29, 0.717) is 16.9 Å². The van der Waals surface area contributed by atoms with Gasteiger partial charge < -0.3 is 9.26 Å². The molecule has 0 spiro atoms. The molecule has 0 aliphatic rings. The monoisotopic (exact) mass is 367 g/mol. The van der Waals surface area contributed by atoms with E-state index in [9.17, 15) is 13.2 Å². The summed E-state index contributed by atoms with van der Waals surface area (Å²) in [5.41, 5.74) is 1.02. The molecule has 25 heavy (non-hydrogen) atoms. The van der Waals surface area contributed by atoms with Crippen LogP contribution in [0.3, 0.4) is 0 Å². The molecule has 1 heterocycles. The molecule has 0 radical (unpaired) electrons. The number of aryl methyl sites for hydroxylation is 1. The molecule has 0 aliphatic heterocycles. The number of anilines is 2. The van der Waals surface area contributed by atoms with Crippen LogP contribution in [-0.2, 0) is 14.8 Å². The zero-order valence-electron chi connectivity index (χ0n) is 14.7. The summed E-state index contributed by atoms with van der Waals surface area (Å²) in [6, 6.07) is 5.68. The van der Waals surface area contributed by atoms with Crippen molar-refractivity contribution in [3.63, 3.8) is 0 Å². The first-order valence-corrected chi connectivity index (χ1v) is 9.02. The highest BCUT2D eigenvalue weighted by atomic mass is 32.2. The van der Waals surface area contributed by atoms with Gasteiger partial charge in [0, 0.05) is 11.3 Å². The van der Waals surface area contributed by atoms with E-state index in [0.717, 1.165) is 0 Å². The molecule has 1 aromatic carbocycles. The molecule has 0 bridgehead atoms. The van der Waals surface area contributed by atoms with Crippen molar-refractivity contribution in [2.45, 2.75) is 45.1 Å². The second-order valence-electron chi connectivity index (χ2n) is 6.48. The zero-order chi connectivity index (χ0) is 18.8. The minimum atomic E-state index is -3.82. The van der Waals surface area contributed by atoms with Gasteiger partial charge >= 0.3 is 6.09 Å². The van der Waals surface area contributed by atoms with Gasteiger partial charge in [-0.1, -0.05) is 5.16 Å². The summed E-state index contributed by atoms with van der Waals surface area (Å²) in [7, 11) is -3.82. The van der Waals surface area contributed by atoms with Crippen molar-refractivity contribution in [2.75, 3.05) is 10.0 Å². The van der Waals surface area contributed by atoms with E-state index >= 15 is 0 Å². The van der Waals surface area contributed by atoms with Crippen LogP contribution in [0.5, 0.6) is 0 Å². The summed E-state index contributed by atoms with van der Waals surface area (Å²) >= 11 is 0. The van der Waals surface area contributed by atoms with Crippen molar-refractivity contribution in [1.29, 1.82) is 0 Å². The fourth-order valence-corrected chi connectivity index (χ4v) is 2.88. The van der Waals surface area contributed by atoms with Gasteiger partial charge in [0.15, 0.2) is 0 Å². The van der Waals surface area contributed by atoms with Crippen molar-refractivity contribution < 1.29 is 22.5 Å². The third kappa shape index (κ3) is 4.96. The Balaban J connectivity index is 2.10. The number of nitrogens with zero attached hydrogens (tertiary/aromatic N) is 1.